The van der Waals surface area contributed by atoms with Gasteiger partial charge in [0.1, 0.15) is 5.82 Å². The van der Waals surface area contributed by atoms with Crippen LogP contribution in [-0.4, -0.2) is 26.3 Å². The van der Waals surface area contributed by atoms with E-state index in [9.17, 15) is 12.8 Å². The van der Waals surface area contributed by atoms with Crippen LogP contribution in [0.3, 0.4) is 0 Å². The quantitative estimate of drug-likeness (QED) is 0.489. The number of nitrogen functional groups attached to an aromatic ring is 1. The highest BCUT2D eigenvalue weighted by atomic mass is 32.2. The molecule has 0 amide bonds. The van der Waals surface area contributed by atoms with Crippen LogP contribution in [0.2, 0.25) is 0 Å². The summed E-state index contributed by atoms with van der Waals surface area (Å²) in [6.07, 6.45) is 3.13. The van der Waals surface area contributed by atoms with Crippen LogP contribution in [0.25, 0.3) is 0 Å². The summed E-state index contributed by atoms with van der Waals surface area (Å²) in [7, 11) is -2.19. The van der Waals surface area contributed by atoms with Gasteiger partial charge in [0.2, 0.25) is 10.0 Å². The standard InChI is InChI=1S/C12H17FN2O2S/c1-3-4-5-8-15(2)18(16,17)10-6-7-12(14)11(13)9-10/h3,6-7,9H,1,4-5,8,14H2,2H3. The molecule has 0 aliphatic rings. The van der Waals surface area contributed by atoms with Gasteiger partial charge < -0.3 is 5.73 Å². The number of hydrogen-bond donors (Lipinski definition) is 1. The molecule has 4 nitrogen and oxygen atoms in total. The highest BCUT2D eigenvalue weighted by Crippen LogP contribution is 2.19. The average Bonchev–Trinajstić information content (AvgIpc) is 2.32. The Morgan fingerprint density at radius 1 is 1.50 bits per heavy atom. The van der Waals surface area contributed by atoms with E-state index >= 15 is 0 Å². The lowest BCUT2D eigenvalue weighted by atomic mass is 10.3. The van der Waals surface area contributed by atoms with E-state index in [1.807, 2.05) is 0 Å². The molecule has 1 aromatic rings. The van der Waals surface area contributed by atoms with Crippen molar-refractivity contribution in [2.75, 3.05) is 19.3 Å². The fraction of sp³-hybridized carbons (Fsp3) is 0.333. The van der Waals surface area contributed by atoms with Gasteiger partial charge in [-0.2, -0.15) is 0 Å². The van der Waals surface area contributed by atoms with Gasteiger partial charge in [0.15, 0.2) is 0 Å². The number of rotatable bonds is 6. The molecule has 0 unspecified atom stereocenters. The summed E-state index contributed by atoms with van der Waals surface area (Å²) in [5.41, 5.74) is 5.25. The van der Waals surface area contributed by atoms with Crippen molar-refractivity contribution in [2.45, 2.75) is 17.7 Å². The number of hydrogen-bond acceptors (Lipinski definition) is 3. The summed E-state index contributed by atoms with van der Waals surface area (Å²) < 4.78 is 38.6. The molecule has 0 bridgehead atoms. The fourth-order valence-corrected chi connectivity index (χ4v) is 2.65. The van der Waals surface area contributed by atoms with Crippen molar-refractivity contribution in [3.8, 4) is 0 Å². The molecular weight excluding hydrogens is 255 g/mol. The van der Waals surface area contributed by atoms with Gasteiger partial charge in [-0.05, 0) is 31.0 Å². The fourth-order valence-electron chi connectivity index (χ4n) is 1.43. The van der Waals surface area contributed by atoms with Crippen LogP contribution in [0.1, 0.15) is 12.8 Å². The van der Waals surface area contributed by atoms with E-state index in [0.717, 1.165) is 12.5 Å². The average molecular weight is 272 g/mol. The van der Waals surface area contributed by atoms with Crippen molar-refractivity contribution in [2.24, 2.45) is 0 Å². The SMILES string of the molecule is C=CCCCN(C)S(=O)(=O)c1ccc(N)c(F)c1. The predicted molar refractivity (Wildman–Crippen MR) is 70.1 cm³/mol. The summed E-state index contributed by atoms with van der Waals surface area (Å²) >= 11 is 0. The van der Waals surface area contributed by atoms with Crippen LogP contribution in [-0.2, 0) is 10.0 Å². The van der Waals surface area contributed by atoms with Gasteiger partial charge >= 0.3 is 0 Å². The van der Waals surface area contributed by atoms with Crippen LogP contribution >= 0.6 is 0 Å². The maximum absolute atomic E-state index is 13.3. The normalized spacial score (nSPS) is 11.7. The molecule has 0 heterocycles. The van der Waals surface area contributed by atoms with Crippen molar-refractivity contribution in [3.63, 3.8) is 0 Å². The summed E-state index contributed by atoms with van der Waals surface area (Å²) in [5.74, 6) is -0.726. The molecule has 6 heteroatoms. The Kier molecular flexibility index (Phi) is 4.86. The monoisotopic (exact) mass is 272 g/mol. The zero-order valence-electron chi connectivity index (χ0n) is 10.3. The third kappa shape index (κ3) is 3.30. The molecule has 1 aromatic carbocycles. The molecule has 0 saturated carbocycles. The molecule has 0 aliphatic carbocycles. The number of allylic oxidation sites excluding steroid dienone is 1. The summed E-state index contributed by atoms with van der Waals surface area (Å²) in [6, 6.07) is 3.49. The molecule has 2 N–H and O–H groups in total. The van der Waals surface area contributed by atoms with Crippen molar-refractivity contribution in [3.05, 3.63) is 36.7 Å². The third-order valence-corrected chi connectivity index (χ3v) is 4.41. The van der Waals surface area contributed by atoms with Crippen LogP contribution < -0.4 is 5.73 Å². The number of sulfonamides is 1. The molecule has 0 fully saturated rings. The van der Waals surface area contributed by atoms with Crippen LogP contribution in [0.15, 0.2) is 35.7 Å². The van der Waals surface area contributed by atoms with Crippen LogP contribution in [0.4, 0.5) is 10.1 Å². The number of nitrogens with zero attached hydrogens (tertiary/aromatic N) is 1. The first kappa shape index (κ1) is 14.7. The van der Waals surface area contributed by atoms with Gasteiger partial charge in [0.25, 0.3) is 0 Å². The third-order valence-electron chi connectivity index (χ3n) is 2.56. The molecular formula is C12H17FN2O2S. The van der Waals surface area contributed by atoms with Gasteiger partial charge in [-0.25, -0.2) is 17.1 Å². The number of unbranched alkanes of at least 4 members (excludes halogenated alkanes) is 1. The number of anilines is 1. The Bertz CT molecular complexity index is 529. The Morgan fingerprint density at radius 2 is 2.17 bits per heavy atom. The molecule has 100 valence electrons. The maximum atomic E-state index is 13.3. The lowest BCUT2D eigenvalue weighted by molar-refractivity contribution is 0.462. The first-order valence-electron chi connectivity index (χ1n) is 5.52. The van der Waals surface area contributed by atoms with Crippen molar-refractivity contribution >= 4 is 15.7 Å². The zero-order chi connectivity index (χ0) is 13.8. The van der Waals surface area contributed by atoms with E-state index < -0.39 is 15.8 Å². The van der Waals surface area contributed by atoms with E-state index in [1.165, 1.54) is 23.5 Å². The highest BCUT2D eigenvalue weighted by molar-refractivity contribution is 7.89. The zero-order valence-corrected chi connectivity index (χ0v) is 11.1. The molecule has 0 radical (unpaired) electrons. The molecule has 0 aliphatic heterocycles. The number of nitrogens with two attached hydrogens (primary N) is 1. The van der Waals surface area contributed by atoms with Gasteiger partial charge in [-0.3, -0.25) is 0 Å². The minimum Gasteiger partial charge on any atom is -0.396 e. The van der Waals surface area contributed by atoms with E-state index in [0.29, 0.717) is 13.0 Å². The lowest BCUT2D eigenvalue weighted by Crippen LogP contribution is -2.28. The van der Waals surface area contributed by atoms with Gasteiger partial charge in [0.05, 0.1) is 10.6 Å². The second kappa shape index (κ2) is 5.97. The molecule has 0 spiro atoms. The smallest absolute Gasteiger partial charge is 0.242 e. The van der Waals surface area contributed by atoms with Crippen LogP contribution in [0.5, 0.6) is 0 Å². The Balaban J connectivity index is 2.91. The van der Waals surface area contributed by atoms with Crippen molar-refractivity contribution < 1.29 is 12.8 Å². The number of benzene rings is 1. The minimum atomic E-state index is -3.66. The van der Waals surface area contributed by atoms with E-state index in [2.05, 4.69) is 6.58 Å². The Morgan fingerprint density at radius 3 is 2.72 bits per heavy atom. The first-order chi connectivity index (χ1) is 8.39. The van der Waals surface area contributed by atoms with E-state index in [-0.39, 0.29) is 10.6 Å². The lowest BCUT2D eigenvalue weighted by Gasteiger charge is -2.17. The topological polar surface area (TPSA) is 63.4 Å². The minimum absolute atomic E-state index is 0.0664. The van der Waals surface area contributed by atoms with E-state index in [1.54, 1.807) is 6.08 Å². The van der Waals surface area contributed by atoms with Crippen molar-refractivity contribution in [1.29, 1.82) is 0 Å². The highest BCUT2D eigenvalue weighted by Gasteiger charge is 2.21. The molecule has 0 aromatic heterocycles. The Labute approximate surface area is 107 Å². The molecule has 1 rings (SSSR count). The van der Waals surface area contributed by atoms with Crippen molar-refractivity contribution in [1.82, 2.24) is 4.31 Å². The maximum Gasteiger partial charge on any atom is 0.242 e. The number of halogens is 1. The Hall–Kier alpha value is -1.40. The van der Waals surface area contributed by atoms with Gasteiger partial charge in [-0.15, -0.1) is 6.58 Å². The summed E-state index contributed by atoms with van der Waals surface area (Å²) in [5, 5.41) is 0. The molecule has 18 heavy (non-hydrogen) atoms. The second-order valence-electron chi connectivity index (χ2n) is 3.94. The largest absolute Gasteiger partial charge is 0.396 e. The van der Waals surface area contributed by atoms with E-state index in [4.69, 9.17) is 5.73 Å². The summed E-state index contributed by atoms with van der Waals surface area (Å²) in [6.45, 7) is 3.93. The second-order valence-corrected chi connectivity index (χ2v) is 5.99. The molecule has 0 atom stereocenters. The van der Waals surface area contributed by atoms with Gasteiger partial charge in [0, 0.05) is 13.6 Å². The van der Waals surface area contributed by atoms with Crippen LogP contribution in [0, 0.1) is 5.82 Å². The van der Waals surface area contributed by atoms with Gasteiger partial charge in [-0.1, -0.05) is 6.08 Å². The predicted octanol–water partition coefficient (Wildman–Crippen LogP) is 1.99. The molecule has 0 saturated heterocycles. The first-order valence-corrected chi connectivity index (χ1v) is 6.96. The summed E-state index contributed by atoms with van der Waals surface area (Å²) in [4.78, 5) is -0.0877.